The second kappa shape index (κ2) is 10.7. The van der Waals surface area contributed by atoms with E-state index >= 15 is 0 Å². The molecular formula is C22H22N2O2S2. The maximum Gasteiger partial charge on any atom is 0.234 e. The third-order valence-corrected chi connectivity index (χ3v) is 5.87. The first-order valence-corrected chi connectivity index (χ1v) is 11.0. The van der Waals surface area contributed by atoms with Gasteiger partial charge in [-0.05, 0) is 34.7 Å². The molecule has 1 aromatic heterocycles. The van der Waals surface area contributed by atoms with Crippen molar-refractivity contribution in [2.45, 2.75) is 18.7 Å². The number of nitrogens with one attached hydrogen (secondary N) is 2. The minimum Gasteiger partial charge on any atom is -0.351 e. The summed E-state index contributed by atoms with van der Waals surface area (Å²) in [7, 11) is 0. The molecular weight excluding hydrogens is 388 g/mol. The highest BCUT2D eigenvalue weighted by Gasteiger charge is 2.06. The van der Waals surface area contributed by atoms with E-state index in [1.807, 2.05) is 60.0 Å². The number of thioether (sulfide) groups is 1. The lowest BCUT2D eigenvalue weighted by Crippen LogP contribution is -2.24. The van der Waals surface area contributed by atoms with Crippen LogP contribution in [-0.4, -0.2) is 17.6 Å². The normalized spacial score (nSPS) is 10.4. The Hall–Kier alpha value is -2.57. The zero-order chi connectivity index (χ0) is 19.6. The molecule has 4 nitrogen and oxygen atoms in total. The fourth-order valence-corrected chi connectivity index (χ4v) is 4.02. The minimum absolute atomic E-state index is 0.0116. The largest absolute Gasteiger partial charge is 0.351 e. The van der Waals surface area contributed by atoms with Crippen molar-refractivity contribution in [3.8, 4) is 0 Å². The number of amides is 2. The Morgan fingerprint density at radius 3 is 2.36 bits per heavy atom. The van der Waals surface area contributed by atoms with Gasteiger partial charge in [0, 0.05) is 16.3 Å². The van der Waals surface area contributed by atoms with Gasteiger partial charge in [0.1, 0.15) is 0 Å². The van der Waals surface area contributed by atoms with Crippen LogP contribution >= 0.6 is 23.1 Å². The van der Waals surface area contributed by atoms with Crippen LogP contribution in [0.4, 0.5) is 5.69 Å². The molecule has 6 heteroatoms. The fourth-order valence-electron chi connectivity index (χ4n) is 2.59. The monoisotopic (exact) mass is 410 g/mol. The summed E-state index contributed by atoms with van der Waals surface area (Å²) >= 11 is 3.21. The average Bonchev–Trinajstić information content (AvgIpc) is 3.22. The predicted octanol–water partition coefficient (Wildman–Crippen LogP) is 4.48. The third-order valence-electron chi connectivity index (χ3n) is 3.99. The number of benzene rings is 2. The van der Waals surface area contributed by atoms with Crippen molar-refractivity contribution >= 4 is 40.6 Å². The topological polar surface area (TPSA) is 58.2 Å². The molecule has 1 heterocycles. The third kappa shape index (κ3) is 6.87. The molecule has 144 valence electrons. The van der Waals surface area contributed by atoms with Crippen molar-refractivity contribution in [1.29, 1.82) is 0 Å². The van der Waals surface area contributed by atoms with Gasteiger partial charge in [0.15, 0.2) is 0 Å². The molecule has 0 atom stereocenters. The van der Waals surface area contributed by atoms with Gasteiger partial charge >= 0.3 is 0 Å². The molecule has 0 bridgehead atoms. The first-order valence-electron chi connectivity index (χ1n) is 8.98. The van der Waals surface area contributed by atoms with Crippen molar-refractivity contribution in [3.63, 3.8) is 0 Å². The molecule has 0 spiro atoms. The highest BCUT2D eigenvalue weighted by Crippen LogP contribution is 2.14. The van der Waals surface area contributed by atoms with Crippen molar-refractivity contribution in [2.75, 3.05) is 11.1 Å². The van der Waals surface area contributed by atoms with Crippen LogP contribution in [0.15, 0.2) is 72.1 Å². The number of hydrogen-bond acceptors (Lipinski definition) is 4. The maximum absolute atomic E-state index is 12.1. The molecule has 28 heavy (non-hydrogen) atoms. The molecule has 0 radical (unpaired) electrons. The number of thiophene rings is 1. The number of hydrogen-bond donors (Lipinski definition) is 2. The molecule has 0 unspecified atom stereocenters. The highest BCUT2D eigenvalue weighted by molar-refractivity contribution is 7.99. The van der Waals surface area contributed by atoms with Crippen molar-refractivity contribution in [1.82, 2.24) is 5.32 Å². The second-order valence-corrected chi connectivity index (χ2v) is 8.27. The predicted molar refractivity (Wildman–Crippen MR) is 118 cm³/mol. The highest BCUT2D eigenvalue weighted by atomic mass is 32.2. The zero-order valence-corrected chi connectivity index (χ0v) is 17.0. The lowest BCUT2D eigenvalue weighted by atomic mass is 10.1. The smallest absolute Gasteiger partial charge is 0.234 e. The lowest BCUT2D eigenvalue weighted by molar-refractivity contribution is -0.120. The standard InChI is InChI=1S/C22H22N2O2S2/c25-21(23-14-20-7-4-12-28-20)13-17-8-10-19(11-9-17)24-22(26)16-27-15-18-5-2-1-3-6-18/h1-12H,13-16H2,(H,23,25)(H,24,26). The van der Waals surface area contributed by atoms with E-state index in [0.717, 1.165) is 21.9 Å². The van der Waals surface area contributed by atoms with Gasteiger partial charge in [-0.25, -0.2) is 0 Å². The van der Waals surface area contributed by atoms with Gasteiger partial charge in [-0.2, -0.15) is 0 Å². The molecule has 2 N–H and O–H groups in total. The molecule has 2 amide bonds. The van der Waals surface area contributed by atoms with Crippen molar-refractivity contribution < 1.29 is 9.59 Å². The van der Waals surface area contributed by atoms with Crippen LogP contribution < -0.4 is 10.6 Å². The van der Waals surface area contributed by atoms with Crippen LogP contribution in [0, 0.1) is 0 Å². The van der Waals surface area contributed by atoms with E-state index in [9.17, 15) is 9.59 Å². The number of carbonyl (C=O) groups is 2. The Morgan fingerprint density at radius 2 is 1.64 bits per heavy atom. The van der Waals surface area contributed by atoms with Gasteiger partial charge in [-0.3, -0.25) is 9.59 Å². The fraction of sp³-hybridized carbons (Fsp3) is 0.182. The van der Waals surface area contributed by atoms with E-state index in [-0.39, 0.29) is 11.8 Å². The summed E-state index contributed by atoms with van der Waals surface area (Å²) in [6, 6.07) is 21.5. The van der Waals surface area contributed by atoms with E-state index in [4.69, 9.17) is 0 Å². The Balaban J connectivity index is 1.38. The lowest BCUT2D eigenvalue weighted by Gasteiger charge is -2.07. The van der Waals surface area contributed by atoms with Crippen LogP contribution in [0.1, 0.15) is 16.0 Å². The Bertz CT molecular complexity index is 879. The summed E-state index contributed by atoms with van der Waals surface area (Å²) in [4.78, 5) is 25.2. The summed E-state index contributed by atoms with van der Waals surface area (Å²) in [6.07, 6.45) is 0.326. The molecule has 0 aliphatic carbocycles. The zero-order valence-electron chi connectivity index (χ0n) is 15.4. The molecule has 0 saturated heterocycles. The molecule has 0 saturated carbocycles. The van der Waals surface area contributed by atoms with Crippen LogP contribution in [0.2, 0.25) is 0 Å². The van der Waals surface area contributed by atoms with E-state index in [1.54, 1.807) is 23.1 Å². The maximum atomic E-state index is 12.1. The Labute approximate surface area is 173 Å². The molecule has 2 aromatic carbocycles. The minimum atomic E-state index is -0.0256. The van der Waals surface area contributed by atoms with E-state index < -0.39 is 0 Å². The van der Waals surface area contributed by atoms with Crippen LogP contribution in [-0.2, 0) is 28.3 Å². The summed E-state index contributed by atoms with van der Waals surface area (Å²) in [5.74, 6) is 1.18. The van der Waals surface area contributed by atoms with Gasteiger partial charge in [0.2, 0.25) is 11.8 Å². The quantitative estimate of drug-likeness (QED) is 0.547. The van der Waals surface area contributed by atoms with Gasteiger partial charge in [0.25, 0.3) is 0 Å². The molecule has 0 aliphatic rings. The number of rotatable bonds is 9. The van der Waals surface area contributed by atoms with Gasteiger partial charge in [-0.15, -0.1) is 23.1 Å². The summed E-state index contributed by atoms with van der Waals surface area (Å²) in [6.45, 7) is 0.561. The summed E-state index contributed by atoms with van der Waals surface area (Å²) in [5, 5.41) is 7.80. The SMILES string of the molecule is O=C(Cc1ccc(NC(=O)CSCc2ccccc2)cc1)NCc1cccs1. The van der Waals surface area contributed by atoms with E-state index in [0.29, 0.717) is 18.7 Å². The first kappa shape index (κ1) is 20.2. The summed E-state index contributed by atoms with van der Waals surface area (Å²) < 4.78 is 0. The van der Waals surface area contributed by atoms with Crippen LogP contribution in [0.3, 0.4) is 0 Å². The number of carbonyl (C=O) groups excluding carboxylic acids is 2. The molecule has 3 rings (SSSR count). The molecule has 0 aliphatic heterocycles. The molecule has 3 aromatic rings. The van der Waals surface area contributed by atoms with Gasteiger partial charge < -0.3 is 10.6 Å². The Morgan fingerprint density at radius 1 is 0.857 bits per heavy atom. The second-order valence-electron chi connectivity index (χ2n) is 6.26. The van der Waals surface area contributed by atoms with Gasteiger partial charge in [0.05, 0.1) is 18.7 Å². The van der Waals surface area contributed by atoms with Gasteiger partial charge in [-0.1, -0.05) is 48.5 Å². The van der Waals surface area contributed by atoms with E-state index in [1.165, 1.54) is 5.56 Å². The van der Waals surface area contributed by atoms with Crippen molar-refractivity contribution in [3.05, 3.63) is 88.1 Å². The van der Waals surface area contributed by atoms with Crippen LogP contribution in [0.25, 0.3) is 0 Å². The first-order chi connectivity index (χ1) is 13.7. The van der Waals surface area contributed by atoms with E-state index in [2.05, 4.69) is 22.8 Å². The Kier molecular flexibility index (Phi) is 7.70. The van der Waals surface area contributed by atoms with Crippen molar-refractivity contribution in [2.24, 2.45) is 0 Å². The number of anilines is 1. The summed E-state index contributed by atoms with van der Waals surface area (Å²) in [5.41, 5.74) is 2.87. The van der Waals surface area contributed by atoms with Crippen LogP contribution in [0.5, 0.6) is 0 Å². The average molecular weight is 411 g/mol. The molecule has 0 fully saturated rings.